The molecule has 0 saturated carbocycles. The molecule has 0 aliphatic rings. The van der Waals surface area contributed by atoms with Gasteiger partial charge in [0, 0.05) is 15.6 Å². The molecule has 1 heterocycles. The molecule has 0 aliphatic heterocycles. The summed E-state index contributed by atoms with van der Waals surface area (Å²) in [7, 11) is 0. The van der Waals surface area contributed by atoms with E-state index in [9.17, 15) is 4.39 Å². The number of hydrogen-bond donors (Lipinski definition) is 0. The number of pyridine rings is 1. The van der Waals surface area contributed by atoms with E-state index in [4.69, 9.17) is 11.6 Å². The maximum Gasteiger partial charge on any atom is 0.134 e. The Labute approximate surface area is 113 Å². The van der Waals surface area contributed by atoms with Crippen molar-refractivity contribution >= 4 is 38.4 Å². The van der Waals surface area contributed by atoms with Gasteiger partial charge in [-0.2, -0.15) is 0 Å². The molecular weight excluding hydrogens is 305 g/mol. The minimum Gasteiger partial charge on any atom is -0.251 e. The molecule has 2 rings (SSSR count). The van der Waals surface area contributed by atoms with E-state index in [2.05, 4.69) is 20.9 Å². The van der Waals surface area contributed by atoms with E-state index in [-0.39, 0.29) is 11.2 Å². The normalized spacial score (nSPS) is 12.1. The molecule has 0 saturated heterocycles. The standard InChI is InChI=1S/C13H12BrClFN/c1-13(2,3)10-6-8(15)11-9(16)5-4-7(14)12(11)17-10/h4-6H,1-3H3. The molecule has 0 amide bonds. The first-order valence-corrected chi connectivity index (χ1v) is 6.42. The average molecular weight is 317 g/mol. The Hall–Kier alpha value is -0.670. The SMILES string of the molecule is CC(C)(C)c1cc(Cl)c2c(F)ccc(Br)c2n1. The lowest BCUT2D eigenvalue weighted by molar-refractivity contribution is 0.571. The first-order valence-electron chi connectivity index (χ1n) is 5.25. The molecule has 4 heteroatoms. The van der Waals surface area contributed by atoms with Gasteiger partial charge in [0.25, 0.3) is 0 Å². The summed E-state index contributed by atoms with van der Waals surface area (Å²) < 4.78 is 14.5. The number of aromatic nitrogens is 1. The van der Waals surface area contributed by atoms with Gasteiger partial charge in [-0.3, -0.25) is 4.98 Å². The molecule has 0 unspecified atom stereocenters. The van der Waals surface area contributed by atoms with Crippen molar-refractivity contribution < 1.29 is 4.39 Å². The first-order chi connectivity index (χ1) is 7.80. The highest BCUT2D eigenvalue weighted by atomic mass is 79.9. The Bertz CT molecular complexity index is 590. The van der Waals surface area contributed by atoms with Crippen molar-refractivity contribution in [3.05, 3.63) is 39.2 Å². The van der Waals surface area contributed by atoms with E-state index in [0.717, 1.165) is 10.2 Å². The fourth-order valence-electron chi connectivity index (χ4n) is 1.61. The summed E-state index contributed by atoms with van der Waals surface area (Å²) in [5.41, 5.74) is 1.30. The lowest BCUT2D eigenvalue weighted by atomic mass is 9.91. The average Bonchev–Trinajstić information content (AvgIpc) is 2.21. The quantitative estimate of drug-likeness (QED) is 0.660. The highest BCUT2D eigenvalue weighted by Gasteiger charge is 2.19. The smallest absolute Gasteiger partial charge is 0.134 e. The van der Waals surface area contributed by atoms with E-state index in [1.807, 2.05) is 20.8 Å². The first kappa shape index (κ1) is 12.8. The van der Waals surface area contributed by atoms with Crippen molar-refractivity contribution in [3.63, 3.8) is 0 Å². The van der Waals surface area contributed by atoms with Crippen LogP contribution in [0.3, 0.4) is 0 Å². The van der Waals surface area contributed by atoms with E-state index < -0.39 is 0 Å². The largest absolute Gasteiger partial charge is 0.251 e. The molecule has 0 spiro atoms. The Balaban J connectivity index is 2.87. The Morgan fingerprint density at radius 2 is 1.94 bits per heavy atom. The molecule has 2 aromatic rings. The highest BCUT2D eigenvalue weighted by Crippen LogP contribution is 2.33. The number of halogens is 3. The molecule has 90 valence electrons. The second-order valence-corrected chi connectivity index (χ2v) is 6.25. The number of rotatable bonds is 0. The Kier molecular flexibility index (Phi) is 3.17. The molecule has 0 fully saturated rings. The lowest BCUT2D eigenvalue weighted by Gasteiger charge is -2.19. The van der Waals surface area contributed by atoms with Gasteiger partial charge in [-0.25, -0.2) is 4.39 Å². The van der Waals surface area contributed by atoms with Gasteiger partial charge in [-0.15, -0.1) is 0 Å². The van der Waals surface area contributed by atoms with E-state index in [1.165, 1.54) is 6.07 Å². The van der Waals surface area contributed by atoms with Crippen molar-refractivity contribution in [3.8, 4) is 0 Å². The fraction of sp³-hybridized carbons (Fsp3) is 0.308. The zero-order valence-electron chi connectivity index (χ0n) is 9.81. The monoisotopic (exact) mass is 315 g/mol. The molecule has 1 aromatic carbocycles. The topological polar surface area (TPSA) is 12.9 Å². The van der Waals surface area contributed by atoms with Crippen molar-refractivity contribution in [1.29, 1.82) is 0 Å². The van der Waals surface area contributed by atoms with Crippen LogP contribution in [0.4, 0.5) is 4.39 Å². The van der Waals surface area contributed by atoms with Crippen LogP contribution in [-0.2, 0) is 5.41 Å². The minimum atomic E-state index is -0.346. The maximum atomic E-state index is 13.7. The van der Waals surface area contributed by atoms with Gasteiger partial charge >= 0.3 is 0 Å². The van der Waals surface area contributed by atoms with Crippen LogP contribution in [0.15, 0.2) is 22.7 Å². The number of fused-ring (bicyclic) bond motifs is 1. The van der Waals surface area contributed by atoms with E-state index in [1.54, 1.807) is 12.1 Å². The summed E-state index contributed by atoms with van der Waals surface area (Å²) in [6, 6.07) is 4.77. The highest BCUT2D eigenvalue weighted by molar-refractivity contribution is 9.10. The maximum absolute atomic E-state index is 13.7. The van der Waals surface area contributed by atoms with Crippen molar-refractivity contribution in [1.82, 2.24) is 4.98 Å². The zero-order valence-corrected chi connectivity index (χ0v) is 12.2. The van der Waals surface area contributed by atoms with Crippen LogP contribution in [0, 0.1) is 5.82 Å². The van der Waals surface area contributed by atoms with Crippen LogP contribution in [0.5, 0.6) is 0 Å². The fourth-order valence-corrected chi connectivity index (χ4v) is 2.31. The third kappa shape index (κ3) is 2.31. The van der Waals surface area contributed by atoms with Crippen LogP contribution < -0.4 is 0 Å². The molecule has 0 radical (unpaired) electrons. The second-order valence-electron chi connectivity index (χ2n) is 4.99. The van der Waals surface area contributed by atoms with Crippen LogP contribution >= 0.6 is 27.5 Å². The summed E-state index contributed by atoms with van der Waals surface area (Å²) in [6.07, 6.45) is 0. The Morgan fingerprint density at radius 1 is 1.29 bits per heavy atom. The number of hydrogen-bond acceptors (Lipinski definition) is 1. The predicted octanol–water partition coefficient (Wildman–Crippen LogP) is 5.09. The van der Waals surface area contributed by atoms with Gasteiger partial charge < -0.3 is 0 Å². The van der Waals surface area contributed by atoms with Crippen LogP contribution in [0.1, 0.15) is 26.5 Å². The molecule has 0 N–H and O–H groups in total. The Morgan fingerprint density at radius 3 is 2.53 bits per heavy atom. The van der Waals surface area contributed by atoms with Gasteiger partial charge in [0.15, 0.2) is 0 Å². The lowest BCUT2D eigenvalue weighted by Crippen LogP contribution is -2.13. The van der Waals surface area contributed by atoms with Gasteiger partial charge in [0.1, 0.15) is 5.82 Å². The molecule has 0 aliphatic carbocycles. The van der Waals surface area contributed by atoms with Crippen molar-refractivity contribution in [2.75, 3.05) is 0 Å². The molecule has 1 nitrogen and oxygen atoms in total. The van der Waals surface area contributed by atoms with Crippen molar-refractivity contribution in [2.24, 2.45) is 0 Å². The van der Waals surface area contributed by atoms with Crippen LogP contribution in [0.25, 0.3) is 10.9 Å². The third-order valence-corrected chi connectivity index (χ3v) is 3.52. The van der Waals surface area contributed by atoms with Gasteiger partial charge in [0.2, 0.25) is 0 Å². The predicted molar refractivity (Wildman–Crippen MR) is 73.1 cm³/mol. The molecule has 1 aromatic heterocycles. The summed E-state index contributed by atoms with van der Waals surface area (Å²) >= 11 is 9.52. The minimum absolute atomic E-state index is 0.121. The molecule has 0 atom stereocenters. The molecule has 17 heavy (non-hydrogen) atoms. The van der Waals surface area contributed by atoms with Crippen LogP contribution in [-0.4, -0.2) is 4.98 Å². The van der Waals surface area contributed by atoms with Crippen LogP contribution in [0.2, 0.25) is 5.02 Å². The van der Waals surface area contributed by atoms with Gasteiger partial charge in [0.05, 0.1) is 15.9 Å². The summed E-state index contributed by atoms with van der Waals surface area (Å²) in [4.78, 5) is 4.50. The van der Waals surface area contributed by atoms with E-state index in [0.29, 0.717) is 15.9 Å². The number of nitrogens with zero attached hydrogens (tertiary/aromatic N) is 1. The molecular formula is C13H12BrClFN. The third-order valence-electron chi connectivity index (χ3n) is 2.58. The van der Waals surface area contributed by atoms with Crippen molar-refractivity contribution in [2.45, 2.75) is 26.2 Å². The summed E-state index contributed by atoms with van der Waals surface area (Å²) in [5.74, 6) is -0.346. The van der Waals surface area contributed by atoms with Gasteiger partial charge in [-0.1, -0.05) is 32.4 Å². The summed E-state index contributed by atoms with van der Waals surface area (Å²) in [6.45, 7) is 6.14. The van der Waals surface area contributed by atoms with E-state index >= 15 is 0 Å². The zero-order chi connectivity index (χ0) is 12.8. The molecule has 0 bridgehead atoms. The number of benzene rings is 1. The van der Waals surface area contributed by atoms with Gasteiger partial charge in [-0.05, 0) is 34.1 Å². The second kappa shape index (κ2) is 4.21. The summed E-state index contributed by atoms with van der Waals surface area (Å²) in [5, 5.41) is 0.771.